The fraction of sp³-hybridized carbons (Fsp3) is 0.429. The van der Waals surface area contributed by atoms with Gasteiger partial charge in [-0.1, -0.05) is 25.5 Å². The summed E-state index contributed by atoms with van der Waals surface area (Å²) >= 11 is 1.66. The van der Waals surface area contributed by atoms with E-state index in [1.807, 2.05) is 25.2 Å². The van der Waals surface area contributed by atoms with Crippen molar-refractivity contribution in [1.82, 2.24) is 9.88 Å². The van der Waals surface area contributed by atoms with Gasteiger partial charge in [0.15, 0.2) is 0 Å². The van der Waals surface area contributed by atoms with Crippen molar-refractivity contribution in [3.05, 3.63) is 29.3 Å². The third kappa shape index (κ3) is 3.07. The number of para-hydroxylation sites is 1. The summed E-state index contributed by atoms with van der Waals surface area (Å²) in [5.74, 6) is 0.205. The number of carbonyl (C=O) groups excluding carboxylic acids is 1. The maximum atomic E-state index is 11.8. The van der Waals surface area contributed by atoms with Gasteiger partial charge in [0.2, 0.25) is 5.91 Å². The molecular formula is C14H18N2OS. The first kappa shape index (κ1) is 13.0. The molecule has 0 bridgehead atoms. The highest BCUT2D eigenvalue weighted by molar-refractivity contribution is 7.18. The Hall–Kier alpha value is -1.42. The molecule has 1 heterocycles. The predicted octanol–water partition coefficient (Wildman–Crippen LogP) is 3.44. The number of aromatic nitrogens is 1. The molecule has 2 rings (SSSR count). The summed E-state index contributed by atoms with van der Waals surface area (Å²) in [5.41, 5.74) is 1.02. The molecule has 1 aromatic carbocycles. The van der Waals surface area contributed by atoms with Crippen LogP contribution < -0.4 is 0 Å². The van der Waals surface area contributed by atoms with E-state index in [1.54, 1.807) is 16.2 Å². The lowest BCUT2D eigenvalue weighted by atomic mass is 10.2. The first-order valence-corrected chi connectivity index (χ1v) is 7.10. The van der Waals surface area contributed by atoms with Crippen molar-refractivity contribution < 1.29 is 4.79 Å². The molecule has 0 aliphatic heterocycles. The van der Waals surface area contributed by atoms with Gasteiger partial charge in [0.25, 0.3) is 0 Å². The maximum absolute atomic E-state index is 11.8. The van der Waals surface area contributed by atoms with Crippen LogP contribution in [0.4, 0.5) is 0 Å². The zero-order valence-corrected chi connectivity index (χ0v) is 11.7. The summed E-state index contributed by atoms with van der Waals surface area (Å²) in [6, 6.07) is 8.08. The van der Waals surface area contributed by atoms with Crippen LogP contribution in [0.3, 0.4) is 0 Å². The fourth-order valence-corrected chi connectivity index (χ4v) is 2.82. The molecule has 0 unspecified atom stereocenters. The second kappa shape index (κ2) is 5.96. The van der Waals surface area contributed by atoms with Crippen LogP contribution in [0.15, 0.2) is 24.3 Å². The quantitative estimate of drug-likeness (QED) is 0.827. The zero-order chi connectivity index (χ0) is 13.0. The highest BCUT2D eigenvalue weighted by atomic mass is 32.1. The minimum Gasteiger partial charge on any atom is -0.339 e. The van der Waals surface area contributed by atoms with E-state index in [9.17, 15) is 4.79 Å². The lowest BCUT2D eigenvalue weighted by Gasteiger charge is -2.15. The Labute approximate surface area is 111 Å². The van der Waals surface area contributed by atoms with Crippen LogP contribution in [0.25, 0.3) is 10.2 Å². The summed E-state index contributed by atoms with van der Waals surface area (Å²) < 4.78 is 1.18. The van der Waals surface area contributed by atoms with Gasteiger partial charge in [0.05, 0.1) is 16.8 Å². The van der Waals surface area contributed by atoms with Gasteiger partial charge in [-0.3, -0.25) is 4.79 Å². The highest BCUT2D eigenvalue weighted by Crippen LogP contribution is 2.22. The standard InChI is InChI=1S/C14H18N2OS/c1-3-4-9-14(17)16(2)10-13-15-11-7-5-6-8-12(11)18-13/h5-8H,3-4,9-10H2,1-2H3. The molecule has 18 heavy (non-hydrogen) atoms. The zero-order valence-electron chi connectivity index (χ0n) is 10.8. The molecule has 0 radical (unpaired) electrons. The Morgan fingerprint density at radius 3 is 2.89 bits per heavy atom. The molecule has 1 aromatic heterocycles. The molecule has 0 N–H and O–H groups in total. The number of amides is 1. The number of rotatable bonds is 5. The second-order valence-corrected chi connectivity index (χ2v) is 5.54. The highest BCUT2D eigenvalue weighted by Gasteiger charge is 2.11. The van der Waals surface area contributed by atoms with E-state index < -0.39 is 0 Å². The molecule has 96 valence electrons. The Morgan fingerprint density at radius 2 is 2.17 bits per heavy atom. The maximum Gasteiger partial charge on any atom is 0.222 e. The average molecular weight is 262 g/mol. The number of nitrogens with zero attached hydrogens (tertiary/aromatic N) is 2. The number of benzene rings is 1. The van der Waals surface area contributed by atoms with Crippen molar-refractivity contribution >= 4 is 27.5 Å². The van der Waals surface area contributed by atoms with Crippen molar-refractivity contribution in [3.63, 3.8) is 0 Å². The van der Waals surface area contributed by atoms with Crippen LogP contribution in [-0.2, 0) is 11.3 Å². The average Bonchev–Trinajstić information content (AvgIpc) is 2.77. The molecule has 0 saturated carbocycles. The smallest absolute Gasteiger partial charge is 0.222 e. The minimum atomic E-state index is 0.205. The largest absolute Gasteiger partial charge is 0.339 e. The third-order valence-corrected chi connectivity index (χ3v) is 3.90. The SMILES string of the molecule is CCCCC(=O)N(C)Cc1nc2ccccc2s1. The van der Waals surface area contributed by atoms with Crippen LogP contribution in [0, 0.1) is 0 Å². The van der Waals surface area contributed by atoms with Gasteiger partial charge in [0, 0.05) is 13.5 Å². The summed E-state index contributed by atoms with van der Waals surface area (Å²) in [6.45, 7) is 2.71. The summed E-state index contributed by atoms with van der Waals surface area (Å²) in [5, 5.41) is 1.00. The Kier molecular flexibility index (Phi) is 4.31. The predicted molar refractivity (Wildman–Crippen MR) is 75.6 cm³/mol. The molecule has 0 aliphatic rings. The Morgan fingerprint density at radius 1 is 1.39 bits per heavy atom. The number of fused-ring (bicyclic) bond motifs is 1. The van der Waals surface area contributed by atoms with Gasteiger partial charge in [-0.15, -0.1) is 11.3 Å². The van der Waals surface area contributed by atoms with E-state index in [4.69, 9.17) is 0 Å². The number of hydrogen-bond acceptors (Lipinski definition) is 3. The van der Waals surface area contributed by atoms with Gasteiger partial charge in [-0.2, -0.15) is 0 Å². The van der Waals surface area contributed by atoms with E-state index in [0.29, 0.717) is 13.0 Å². The van der Waals surface area contributed by atoms with Crippen molar-refractivity contribution in [1.29, 1.82) is 0 Å². The lowest BCUT2D eigenvalue weighted by Crippen LogP contribution is -2.25. The first-order valence-electron chi connectivity index (χ1n) is 6.29. The van der Waals surface area contributed by atoms with E-state index >= 15 is 0 Å². The van der Waals surface area contributed by atoms with E-state index in [0.717, 1.165) is 23.4 Å². The third-order valence-electron chi connectivity index (χ3n) is 2.88. The molecule has 0 fully saturated rings. The molecule has 0 aliphatic carbocycles. The summed E-state index contributed by atoms with van der Waals surface area (Å²) in [6.07, 6.45) is 2.65. The molecule has 3 nitrogen and oxygen atoms in total. The molecule has 2 aromatic rings. The van der Waals surface area contributed by atoms with Gasteiger partial charge < -0.3 is 4.90 Å². The Balaban J connectivity index is 2.02. The van der Waals surface area contributed by atoms with Gasteiger partial charge in [-0.05, 0) is 18.6 Å². The normalized spacial score (nSPS) is 10.8. The molecule has 0 atom stereocenters. The van der Waals surface area contributed by atoms with Crippen LogP contribution in [0.2, 0.25) is 0 Å². The van der Waals surface area contributed by atoms with E-state index in [-0.39, 0.29) is 5.91 Å². The lowest BCUT2D eigenvalue weighted by molar-refractivity contribution is -0.130. The fourth-order valence-electron chi connectivity index (χ4n) is 1.80. The molecule has 4 heteroatoms. The van der Waals surface area contributed by atoms with E-state index in [1.165, 1.54) is 4.70 Å². The molecule has 1 amide bonds. The Bertz CT molecular complexity index is 502. The van der Waals surface area contributed by atoms with Crippen molar-refractivity contribution in [2.45, 2.75) is 32.7 Å². The van der Waals surface area contributed by atoms with E-state index in [2.05, 4.69) is 18.0 Å². The molecule has 0 saturated heterocycles. The minimum absolute atomic E-state index is 0.205. The van der Waals surface area contributed by atoms with Crippen LogP contribution >= 0.6 is 11.3 Å². The van der Waals surface area contributed by atoms with Crippen LogP contribution in [-0.4, -0.2) is 22.8 Å². The van der Waals surface area contributed by atoms with Crippen LogP contribution in [0.5, 0.6) is 0 Å². The first-order chi connectivity index (χ1) is 8.70. The summed E-state index contributed by atoms with van der Waals surface area (Å²) in [7, 11) is 1.85. The van der Waals surface area contributed by atoms with Crippen molar-refractivity contribution in [3.8, 4) is 0 Å². The number of unbranched alkanes of at least 4 members (excludes halogenated alkanes) is 1. The van der Waals surface area contributed by atoms with Gasteiger partial charge >= 0.3 is 0 Å². The number of carbonyl (C=O) groups is 1. The monoisotopic (exact) mass is 262 g/mol. The number of hydrogen-bond donors (Lipinski definition) is 0. The van der Waals surface area contributed by atoms with Gasteiger partial charge in [0.1, 0.15) is 5.01 Å². The molecule has 0 spiro atoms. The number of thiazole rings is 1. The van der Waals surface area contributed by atoms with Crippen molar-refractivity contribution in [2.75, 3.05) is 7.05 Å². The topological polar surface area (TPSA) is 33.2 Å². The van der Waals surface area contributed by atoms with Gasteiger partial charge in [-0.25, -0.2) is 4.98 Å². The summed E-state index contributed by atoms with van der Waals surface area (Å²) in [4.78, 5) is 18.1. The molecular weight excluding hydrogens is 244 g/mol. The van der Waals surface area contributed by atoms with Crippen LogP contribution in [0.1, 0.15) is 31.2 Å². The van der Waals surface area contributed by atoms with Crippen molar-refractivity contribution in [2.24, 2.45) is 0 Å². The second-order valence-electron chi connectivity index (χ2n) is 4.43.